The molecule has 2 aliphatic rings. The molecule has 0 aromatic heterocycles. The summed E-state index contributed by atoms with van der Waals surface area (Å²) >= 11 is -0.826. The second kappa shape index (κ2) is 10.9. The van der Waals surface area contributed by atoms with Crippen LogP contribution in [0.1, 0.15) is 41.6 Å². The first-order chi connectivity index (χ1) is 12.4. The fourth-order valence-electron chi connectivity index (χ4n) is 5.53. The Morgan fingerprint density at radius 2 is 1.46 bits per heavy atom. The average Bonchev–Trinajstić information content (AvgIpc) is 3.13. The van der Waals surface area contributed by atoms with Crippen LogP contribution in [0.3, 0.4) is 0 Å². The molecule has 0 heterocycles. The molecule has 4 rings (SSSR count). The van der Waals surface area contributed by atoms with Gasteiger partial charge >= 0.3 is 37.9 Å². The van der Waals surface area contributed by atoms with E-state index in [-0.39, 0.29) is 14.9 Å². The van der Waals surface area contributed by atoms with Crippen LogP contribution in [0.5, 0.6) is 0 Å². The van der Waals surface area contributed by atoms with Gasteiger partial charge in [0.1, 0.15) is 0 Å². The van der Waals surface area contributed by atoms with Gasteiger partial charge in [-0.2, -0.15) is 0 Å². The van der Waals surface area contributed by atoms with Gasteiger partial charge in [-0.3, -0.25) is 0 Å². The number of fused-ring (bicyclic) bond motifs is 2. The molecule has 2 aliphatic carbocycles. The zero-order valence-corrected chi connectivity index (χ0v) is 23.1. The van der Waals surface area contributed by atoms with Crippen LogP contribution in [0, 0.1) is 26.7 Å². The molecule has 0 N–H and O–H groups in total. The Bertz CT molecular complexity index is 775. The molecule has 0 radical (unpaired) electrons. The SMILES string of the molecule is CC1Cc2cccc([Si](C)(C)[C@@H]3c4ccccc4CC3C)c2C1.[CH3-].[CH3-].[Cl][Zr+2][Cl]. The van der Waals surface area contributed by atoms with E-state index < -0.39 is 28.9 Å². The Labute approximate surface area is 193 Å². The Morgan fingerprint density at radius 3 is 2.14 bits per heavy atom. The fourth-order valence-corrected chi connectivity index (χ4v) is 10.0. The molecule has 0 saturated carbocycles. The number of hydrogen-bond donors (Lipinski definition) is 0. The Kier molecular flexibility index (Phi) is 10.2. The van der Waals surface area contributed by atoms with Gasteiger partial charge in [-0.05, 0) is 58.9 Å². The molecular formula is C24H34Cl2SiZr. The molecule has 0 nitrogen and oxygen atoms in total. The van der Waals surface area contributed by atoms with Crippen molar-refractivity contribution in [3.8, 4) is 0 Å². The first-order valence-corrected chi connectivity index (χ1v) is 19.0. The first kappa shape index (κ1) is 26.2. The minimum absolute atomic E-state index is 0. The summed E-state index contributed by atoms with van der Waals surface area (Å²) in [5, 5.41) is 1.74. The molecule has 3 atom stereocenters. The molecule has 2 aromatic carbocycles. The maximum atomic E-state index is 4.93. The van der Waals surface area contributed by atoms with Crippen LogP contribution < -0.4 is 5.19 Å². The van der Waals surface area contributed by atoms with Crippen molar-refractivity contribution >= 4 is 30.3 Å². The molecule has 4 heteroatoms. The summed E-state index contributed by atoms with van der Waals surface area (Å²) in [6.45, 7) is 10.1. The molecule has 0 aliphatic heterocycles. The van der Waals surface area contributed by atoms with Crippen LogP contribution in [-0.4, -0.2) is 8.07 Å². The van der Waals surface area contributed by atoms with Crippen LogP contribution in [-0.2, 0) is 40.1 Å². The summed E-state index contributed by atoms with van der Waals surface area (Å²) < 4.78 is 0. The van der Waals surface area contributed by atoms with Gasteiger partial charge in [-0.25, -0.2) is 0 Å². The molecule has 152 valence electrons. The van der Waals surface area contributed by atoms with E-state index >= 15 is 0 Å². The van der Waals surface area contributed by atoms with Crippen molar-refractivity contribution in [3.63, 3.8) is 0 Å². The van der Waals surface area contributed by atoms with Crippen molar-refractivity contribution in [2.24, 2.45) is 11.8 Å². The number of rotatable bonds is 2. The predicted molar refractivity (Wildman–Crippen MR) is 127 cm³/mol. The number of benzene rings is 2. The molecule has 0 spiro atoms. The normalized spacial score (nSPS) is 21.9. The van der Waals surface area contributed by atoms with Gasteiger partial charge in [0.15, 0.2) is 0 Å². The van der Waals surface area contributed by atoms with E-state index in [1.165, 1.54) is 19.3 Å². The van der Waals surface area contributed by atoms with E-state index in [0.717, 1.165) is 17.4 Å². The van der Waals surface area contributed by atoms with E-state index in [4.69, 9.17) is 17.0 Å². The van der Waals surface area contributed by atoms with E-state index in [2.05, 4.69) is 69.4 Å². The molecular weight excluding hydrogens is 478 g/mol. The van der Waals surface area contributed by atoms with Gasteiger partial charge in [-0.15, -0.1) is 0 Å². The van der Waals surface area contributed by atoms with E-state index in [1.807, 2.05) is 0 Å². The molecule has 2 unspecified atom stereocenters. The molecule has 28 heavy (non-hydrogen) atoms. The van der Waals surface area contributed by atoms with Gasteiger partial charge in [0.2, 0.25) is 0 Å². The van der Waals surface area contributed by atoms with Crippen LogP contribution in [0.2, 0.25) is 13.1 Å². The second-order valence-corrected chi connectivity index (χ2v) is 16.9. The zero-order valence-electron chi connectivity index (χ0n) is 18.2. The van der Waals surface area contributed by atoms with Crippen molar-refractivity contribution < 1.29 is 20.8 Å². The van der Waals surface area contributed by atoms with Gasteiger partial charge in [0, 0.05) is 0 Å². The average molecular weight is 513 g/mol. The summed E-state index contributed by atoms with van der Waals surface area (Å²) in [7, 11) is 8.32. The van der Waals surface area contributed by atoms with Gasteiger partial charge < -0.3 is 14.9 Å². The van der Waals surface area contributed by atoms with Crippen molar-refractivity contribution in [1.29, 1.82) is 0 Å². The molecule has 0 amide bonds. The van der Waals surface area contributed by atoms with E-state index in [1.54, 1.807) is 27.4 Å². The fraction of sp³-hybridized carbons (Fsp3) is 0.417. The molecule has 2 aromatic rings. The third-order valence-electron chi connectivity index (χ3n) is 6.37. The second-order valence-electron chi connectivity index (χ2n) is 8.61. The summed E-state index contributed by atoms with van der Waals surface area (Å²) in [5.74, 6) is 1.60. The van der Waals surface area contributed by atoms with Crippen molar-refractivity contribution in [3.05, 3.63) is 79.6 Å². The minimum atomic E-state index is -1.55. The summed E-state index contributed by atoms with van der Waals surface area (Å²) in [4.78, 5) is 0. The topological polar surface area (TPSA) is 0 Å². The number of hydrogen-bond acceptors (Lipinski definition) is 0. The van der Waals surface area contributed by atoms with Crippen LogP contribution in [0.15, 0.2) is 42.5 Å². The summed E-state index contributed by atoms with van der Waals surface area (Å²) in [6.07, 6.45) is 3.85. The maximum absolute atomic E-state index is 4.93. The van der Waals surface area contributed by atoms with E-state index in [9.17, 15) is 0 Å². The third kappa shape index (κ3) is 5.05. The van der Waals surface area contributed by atoms with Crippen LogP contribution >= 0.6 is 17.0 Å². The third-order valence-corrected chi connectivity index (χ3v) is 10.7. The first-order valence-electron chi connectivity index (χ1n) is 9.55. The van der Waals surface area contributed by atoms with Gasteiger partial charge in [0.05, 0.1) is 8.07 Å². The molecule has 0 bridgehead atoms. The monoisotopic (exact) mass is 510 g/mol. The Hall–Kier alpha value is 0.120. The summed E-state index contributed by atoms with van der Waals surface area (Å²) in [5.41, 5.74) is 7.37. The molecule has 0 saturated heterocycles. The van der Waals surface area contributed by atoms with Crippen molar-refractivity contribution in [1.82, 2.24) is 0 Å². The summed E-state index contributed by atoms with van der Waals surface area (Å²) in [6, 6.07) is 16.4. The molecule has 0 fully saturated rings. The van der Waals surface area contributed by atoms with Crippen molar-refractivity contribution in [2.75, 3.05) is 0 Å². The Morgan fingerprint density at radius 1 is 0.857 bits per heavy atom. The van der Waals surface area contributed by atoms with E-state index in [0.29, 0.717) is 0 Å². The Balaban J connectivity index is 0.000000739. The zero-order chi connectivity index (χ0) is 18.9. The predicted octanol–water partition coefficient (Wildman–Crippen LogP) is 7.13. The van der Waals surface area contributed by atoms with Gasteiger partial charge in [0.25, 0.3) is 0 Å². The number of halogens is 2. The standard InChI is InChI=1S/C22H28Si.2CH3.2ClH.Zr/c1-15-12-17-9-7-11-21(20(17)13-15)23(3,4)22-16(2)14-18-8-5-6-10-19(18)22;;;;;/h5-11,15-16,22H,12-14H2,1-4H3;2*1H3;2*1H;/q;2*-1;;;+4/p-2/t15?,16?,22-;;;;;/m0...../s1. The van der Waals surface area contributed by atoms with Crippen LogP contribution in [0.25, 0.3) is 0 Å². The van der Waals surface area contributed by atoms with Crippen LogP contribution in [0.4, 0.5) is 0 Å². The van der Waals surface area contributed by atoms with Gasteiger partial charge in [-0.1, -0.05) is 74.6 Å². The quantitative estimate of drug-likeness (QED) is 0.297. The van der Waals surface area contributed by atoms with Crippen molar-refractivity contribution in [2.45, 2.75) is 51.7 Å².